The summed E-state index contributed by atoms with van der Waals surface area (Å²) >= 11 is 0. The van der Waals surface area contributed by atoms with Gasteiger partial charge < -0.3 is 15.0 Å². The average Bonchev–Trinajstić information content (AvgIpc) is 2.44. The summed E-state index contributed by atoms with van der Waals surface area (Å²) in [5.41, 5.74) is 0.520. The molecule has 7 nitrogen and oxygen atoms in total. The Morgan fingerprint density at radius 1 is 1.45 bits per heavy atom. The molecule has 0 unspecified atom stereocenters. The molecule has 1 rings (SSSR count). The number of nitro groups is 1. The molecule has 0 aliphatic carbocycles. The van der Waals surface area contributed by atoms with Crippen LogP contribution in [0.4, 0.5) is 11.4 Å². The lowest BCUT2D eigenvalue weighted by atomic mass is 10.2. The largest absolute Gasteiger partial charge is 0.487 e. The van der Waals surface area contributed by atoms with Crippen molar-refractivity contribution >= 4 is 17.3 Å². The van der Waals surface area contributed by atoms with Crippen LogP contribution in [0.15, 0.2) is 18.2 Å². The van der Waals surface area contributed by atoms with E-state index in [4.69, 9.17) is 4.74 Å². The number of anilines is 1. The van der Waals surface area contributed by atoms with Gasteiger partial charge >= 0.3 is 5.69 Å². The molecule has 0 fully saturated rings. The molecular weight excluding hydrogens is 262 g/mol. The zero-order valence-corrected chi connectivity index (χ0v) is 11.9. The van der Waals surface area contributed by atoms with Crippen LogP contribution in [0.5, 0.6) is 5.75 Å². The highest BCUT2D eigenvalue weighted by Gasteiger charge is 2.15. The average molecular weight is 281 g/mol. The zero-order valence-electron chi connectivity index (χ0n) is 11.9. The molecule has 1 aromatic rings. The number of hydrogen-bond acceptors (Lipinski definition) is 5. The first-order valence-electron chi connectivity index (χ1n) is 6.38. The van der Waals surface area contributed by atoms with Crippen LogP contribution < -0.4 is 10.1 Å². The number of nitrogens with zero attached hydrogens (tertiary/aromatic N) is 2. The van der Waals surface area contributed by atoms with Gasteiger partial charge in [-0.15, -0.1) is 0 Å². The third-order valence-electron chi connectivity index (χ3n) is 2.80. The van der Waals surface area contributed by atoms with Crippen LogP contribution >= 0.6 is 0 Å². The fourth-order valence-electron chi connectivity index (χ4n) is 1.54. The topological polar surface area (TPSA) is 84.7 Å². The number of nitro benzene ring substituents is 1. The summed E-state index contributed by atoms with van der Waals surface area (Å²) in [7, 11) is 1.71. The van der Waals surface area contributed by atoms with Gasteiger partial charge in [-0.1, -0.05) is 0 Å². The Hall–Kier alpha value is -2.31. The van der Waals surface area contributed by atoms with Crippen molar-refractivity contribution in [3.63, 3.8) is 0 Å². The van der Waals surface area contributed by atoms with E-state index in [-0.39, 0.29) is 23.9 Å². The number of amides is 1. The van der Waals surface area contributed by atoms with Crippen molar-refractivity contribution in [2.24, 2.45) is 0 Å². The number of ether oxygens (including phenoxy) is 1. The highest BCUT2D eigenvalue weighted by molar-refractivity contribution is 5.80. The van der Waals surface area contributed by atoms with E-state index in [9.17, 15) is 14.9 Å². The number of hydrogen-bond donors (Lipinski definition) is 1. The second-order valence-electron chi connectivity index (χ2n) is 4.13. The quantitative estimate of drug-likeness (QED) is 0.609. The first-order valence-corrected chi connectivity index (χ1v) is 6.38. The van der Waals surface area contributed by atoms with Crippen LogP contribution in [0.1, 0.15) is 13.8 Å². The third-order valence-corrected chi connectivity index (χ3v) is 2.80. The Morgan fingerprint density at radius 2 is 2.15 bits per heavy atom. The lowest BCUT2D eigenvalue weighted by Crippen LogP contribution is -2.31. The summed E-state index contributed by atoms with van der Waals surface area (Å²) in [6.45, 7) is 4.74. The van der Waals surface area contributed by atoms with Crippen LogP contribution in [0.25, 0.3) is 0 Å². The van der Waals surface area contributed by atoms with Crippen LogP contribution in [-0.2, 0) is 4.79 Å². The summed E-state index contributed by atoms with van der Waals surface area (Å²) in [6.07, 6.45) is 0. The second-order valence-corrected chi connectivity index (χ2v) is 4.13. The molecule has 7 heteroatoms. The van der Waals surface area contributed by atoms with E-state index >= 15 is 0 Å². The number of benzene rings is 1. The maximum absolute atomic E-state index is 11.7. The molecule has 110 valence electrons. The lowest BCUT2D eigenvalue weighted by Gasteiger charge is -2.15. The van der Waals surface area contributed by atoms with E-state index in [1.54, 1.807) is 24.9 Å². The first kappa shape index (κ1) is 15.7. The van der Waals surface area contributed by atoms with E-state index in [1.165, 1.54) is 12.1 Å². The molecule has 1 aromatic carbocycles. The third kappa shape index (κ3) is 4.11. The Kier molecular flexibility index (Phi) is 5.76. The maximum Gasteiger partial charge on any atom is 0.311 e. The van der Waals surface area contributed by atoms with Crippen molar-refractivity contribution in [2.75, 3.05) is 32.1 Å². The standard InChI is InChI=1S/C13H19N3O4/c1-4-15(3)13(17)9-14-10-6-7-11(16(18)19)12(8-10)20-5-2/h6-8,14H,4-5,9H2,1-3H3. The SMILES string of the molecule is CCOc1cc(NCC(=O)N(C)CC)ccc1[N+](=O)[O-]. The van der Waals surface area contributed by atoms with Gasteiger partial charge in [0.25, 0.3) is 0 Å². The summed E-state index contributed by atoms with van der Waals surface area (Å²) < 4.78 is 5.24. The Bertz CT molecular complexity index is 491. The normalized spacial score (nSPS) is 9.95. The number of carbonyl (C=O) groups is 1. The van der Waals surface area contributed by atoms with Gasteiger partial charge in [0.2, 0.25) is 5.91 Å². The molecule has 0 radical (unpaired) electrons. The van der Waals surface area contributed by atoms with Gasteiger partial charge in [0.05, 0.1) is 18.1 Å². The molecular formula is C13H19N3O4. The van der Waals surface area contributed by atoms with Crippen molar-refractivity contribution in [3.05, 3.63) is 28.3 Å². The van der Waals surface area contributed by atoms with Crippen LogP contribution in [-0.4, -0.2) is 42.5 Å². The summed E-state index contributed by atoms with van der Waals surface area (Å²) in [6, 6.07) is 4.45. The van der Waals surface area contributed by atoms with Gasteiger partial charge in [0.1, 0.15) is 0 Å². The molecule has 0 spiro atoms. The molecule has 0 aliphatic rings. The van der Waals surface area contributed by atoms with E-state index in [0.29, 0.717) is 18.8 Å². The second kappa shape index (κ2) is 7.32. The maximum atomic E-state index is 11.7. The van der Waals surface area contributed by atoms with E-state index in [1.807, 2.05) is 6.92 Å². The van der Waals surface area contributed by atoms with E-state index in [2.05, 4.69) is 5.32 Å². The van der Waals surface area contributed by atoms with Gasteiger partial charge in [0, 0.05) is 31.4 Å². The zero-order chi connectivity index (χ0) is 15.1. The van der Waals surface area contributed by atoms with Crippen LogP contribution in [0.2, 0.25) is 0 Å². The number of rotatable bonds is 7. The van der Waals surface area contributed by atoms with Gasteiger partial charge in [-0.2, -0.15) is 0 Å². The molecule has 0 heterocycles. The monoisotopic (exact) mass is 281 g/mol. The van der Waals surface area contributed by atoms with Gasteiger partial charge in [0.15, 0.2) is 5.75 Å². The highest BCUT2D eigenvalue weighted by atomic mass is 16.6. The fraction of sp³-hybridized carbons (Fsp3) is 0.462. The van der Waals surface area contributed by atoms with Crippen molar-refractivity contribution in [1.82, 2.24) is 4.90 Å². The molecule has 0 aromatic heterocycles. The molecule has 0 atom stereocenters. The number of carbonyl (C=O) groups excluding carboxylic acids is 1. The van der Waals surface area contributed by atoms with E-state index in [0.717, 1.165) is 0 Å². The van der Waals surface area contributed by atoms with Crippen LogP contribution in [0, 0.1) is 10.1 Å². The summed E-state index contributed by atoms with van der Waals surface area (Å²) in [4.78, 5) is 23.6. The van der Waals surface area contributed by atoms with Crippen LogP contribution in [0.3, 0.4) is 0 Å². The van der Waals surface area contributed by atoms with Gasteiger partial charge in [-0.05, 0) is 19.9 Å². The minimum Gasteiger partial charge on any atom is -0.487 e. The molecule has 20 heavy (non-hydrogen) atoms. The predicted molar refractivity (Wildman–Crippen MR) is 76.1 cm³/mol. The van der Waals surface area contributed by atoms with Crippen molar-refractivity contribution in [3.8, 4) is 5.75 Å². The number of likely N-dealkylation sites (N-methyl/N-ethyl adjacent to an activating group) is 1. The van der Waals surface area contributed by atoms with Crippen molar-refractivity contribution in [1.29, 1.82) is 0 Å². The summed E-state index contributed by atoms with van der Waals surface area (Å²) in [5, 5.41) is 13.8. The lowest BCUT2D eigenvalue weighted by molar-refractivity contribution is -0.385. The smallest absolute Gasteiger partial charge is 0.311 e. The van der Waals surface area contributed by atoms with E-state index < -0.39 is 4.92 Å². The Balaban J connectivity index is 2.79. The minimum atomic E-state index is -0.495. The minimum absolute atomic E-state index is 0.0520. The number of nitrogens with one attached hydrogen (secondary N) is 1. The van der Waals surface area contributed by atoms with Crippen molar-refractivity contribution < 1.29 is 14.5 Å². The summed E-state index contributed by atoms with van der Waals surface area (Å²) in [5.74, 6) is 0.141. The van der Waals surface area contributed by atoms with Gasteiger partial charge in [-0.25, -0.2) is 0 Å². The molecule has 0 bridgehead atoms. The molecule has 1 N–H and O–H groups in total. The molecule has 0 saturated carbocycles. The predicted octanol–water partition coefficient (Wildman–Crippen LogP) is 1.88. The molecule has 0 saturated heterocycles. The first-order chi connectivity index (χ1) is 9.49. The molecule has 0 aliphatic heterocycles. The Labute approximate surface area is 117 Å². The fourth-order valence-corrected chi connectivity index (χ4v) is 1.54. The van der Waals surface area contributed by atoms with Crippen molar-refractivity contribution in [2.45, 2.75) is 13.8 Å². The highest BCUT2D eigenvalue weighted by Crippen LogP contribution is 2.29. The van der Waals surface area contributed by atoms with Gasteiger partial charge in [-0.3, -0.25) is 14.9 Å². The molecule has 1 amide bonds. The Morgan fingerprint density at radius 3 is 2.70 bits per heavy atom.